The molecule has 14 heavy (non-hydrogen) atoms. The minimum Gasteiger partial charge on any atom is -0.316 e. The highest BCUT2D eigenvalue weighted by molar-refractivity contribution is 4.87. The van der Waals surface area contributed by atoms with E-state index >= 15 is 0 Å². The standard InChI is InChI=1S/C13H27N/c1-4-10-13(3,11-14-5-2)12-8-6-7-9-12/h12,14H,4-11H2,1-3H3. The largest absolute Gasteiger partial charge is 0.316 e. The number of nitrogens with one attached hydrogen (secondary N) is 1. The molecule has 0 amide bonds. The summed E-state index contributed by atoms with van der Waals surface area (Å²) in [4.78, 5) is 0. The fraction of sp³-hybridized carbons (Fsp3) is 1.00. The quantitative estimate of drug-likeness (QED) is 0.686. The fourth-order valence-corrected chi connectivity index (χ4v) is 3.04. The van der Waals surface area contributed by atoms with E-state index in [0.717, 1.165) is 12.5 Å². The summed E-state index contributed by atoms with van der Waals surface area (Å²) in [6.45, 7) is 9.36. The monoisotopic (exact) mass is 197 g/mol. The van der Waals surface area contributed by atoms with Crippen molar-refractivity contribution in [2.45, 2.75) is 59.3 Å². The molecule has 0 saturated heterocycles. The Morgan fingerprint density at radius 2 is 1.86 bits per heavy atom. The molecule has 0 aromatic rings. The van der Waals surface area contributed by atoms with Crippen molar-refractivity contribution in [2.24, 2.45) is 11.3 Å². The Hall–Kier alpha value is -0.0400. The number of hydrogen-bond acceptors (Lipinski definition) is 1. The summed E-state index contributed by atoms with van der Waals surface area (Å²) in [5, 5.41) is 3.55. The van der Waals surface area contributed by atoms with Crippen LogP contribution in [0.5, 0.6) is 0 Å². The highest BCUT2D eigenvalue weighted by Gasteiger charge is 2.34. The summed E-state index contributed by atoms with van der Waals surface area (Å²) in [5.74, 6) is 0.987. The SMILES string of the molecule is CCCC(C)(CNCC)C1CCCC1. The average Bonchev–Trinajstić information content (AvgIpc) is 2.68. The summed E-state index contributed by atoms with van der Waals surface area (Å²) in [7, 11) is 0. The molecule has 1 aliphatic carbocycles. The molecule has 1 aliphatic rings. The van der Waals surface area contributed by atoms with Crippen molar-refractivity contribution < 1.29 is 0 Å². The Morgan fingerprint density at radius 1 is 1.21 bits per heavy atom. The summed E-state index contributed by atoms with van der Waals surface area (Å²) in [6.07, 6.45) is 8.61. The Bertz CT molecular complexity index is 149. The van der Waals surface area contributed by atoms with Gasteiger partial charge >= 0.3 is 0 Å². The van der Waals surface area contributed by atoms with Crippen LogP contribution in [0, 0.1) is 11.3 Å². The van der Waals surface area contributed by atoms with Gasteiger partial charge in [0.2, 0.25) is 0 Å². The van der Waals surface area contributed by atoms with Gasteiger partial charge in [-0.15, -0.1) is 0 Å². The Kier molecular flexibility index (Phi) is 4.94. The lowest BCUT2D eigenvalue weighted by atomic mass is 9.73. The van der Waals surface area contributed by atoms with E-state index in [1.807, 2.05) is 0 Å². The molecule has 0 bridgehead atoms. The van der Waals surface area contributed by atoms with Gasteiger partial charge in [-0.25, -0.2) is 0 Å². The minimum atomic E-state index is 0.571. The zero-order chi connectivity index (χ0) is 10.4. The second-order valence-electron chi connectivity index (χ2n) is 5.17. The van der Waals surface area contributed by atoms with Crippen molar-refractivity contribution >= 4 is 0 Å². The predicted molar refractivity (Wildman–Crippen MR) is 63.5 cm³/mol. The molecule has 0 heterocycles. The van der Waals surface area contributed by atoms with Crippen molar-refractivity contribution in [3.63, 3.8) is 0 Å². The molecule has 1 rings (SSSR count). The Balaban J connectivity index is 2.49. The van der Waals surface area contributed by atoms with E-state index in [1.54, 1.807) is 0 Å². The molecule has 1 unspecified atom stereocenters. The maximum atomic E-state index is 3.55. The predicted octanol–water partition coefficient (Wildman–Crippen LogP) is 3.59. The second-order valence-corrected chi connectivity index (χ2v) is 5.17. The molecule has 0 aromatic carbocycles. The zero-order valence-electron chi connectivity index (χ0n) is 10.2. The van der Waals surface area contributed by atoms with E-state index in [2.05, 4.69) is 26.1 Å². The maximum absolute atomic E-state index is 3.55. The van der Waals surface area contributed by atoms with E-state index in [1.165, 1.54) is 45.1 Å². The highest BCUT2D eigenvalue weighted by Crippen LogP contribution is 2.42. The van der Waals surface area contributed by atoms with Gasteiger partial charge in [0, 0.05) is 6.54 Å². The molecular weight excluding hydrogens is 170 g/mol. The first kappa shape index (κ1) is 12.0. The second kappa shape index (κ2) is 5.75. The first-order chi connectivity index (χ1) is 6.73. The van der Waals surface area contributed by atoms with E-state index in [4.69, 9.17) is 0 Å². The van der Waals surface area contributed by atoms with Gasteiger partial charge < -0.3 is 5.32 Å². The molecule has 0 spiro atoms. The van der Waals surface area contributed by atoms with Gasteiger partial charge in [-0.05, 0) is 37.1 Å². The van der Waals surface area contributed by atoms with Gasteiger partial charge in [0.05, 0.1) is 0 Å². The third-order valence-corrected chi connectivity index (χ3v) is 3.94. The normalized spacial score (nSPS) is 22.5. The van der Waals surface area contributed by atoms with Crippen LogP contribution in [0.3, 0.4) is 0 Å². The van der Waals surface area contributed by atoms with Crippen LogP contribution >= 0.6 is 0 Å². The van der Waals surface area contributed by atoms with Crippen LogP contribution in [0.1, 0.15) is 59.3 Å². The third kappa shape index (κ3) is 2.98. The van der Waals surface area contributed by atoms with Crippen molar-refractivity contribution in [3.05, 3.63) is 0 Å². The molecule has 1 atom stereocenters. The van der Waals surface area contributed by atoms with E-state index in [-0.39, 0.29) is 0 Å². The van der Waals surface area contributed by atoms with Crippen LogP contribution in [0.15, 0.2) is 0 Å². The first-order valence-corrected chi connectivity index (χ1v) is 6.43. The molecular formula is C13H27N. The first-order valence-electron chi connectivity index (χ1n) is 6.43. The van der Waals surface area contributed by atoms with Crippen LogP contribution in [0.4, 0.5) is 0 Å². The highest BCUT2D eigenvalue weighted by atomic mass is 14.9. The van der Waals surface area contributed by atoms with Crippen molar-refractivity contribution in [3.8, 4) is 0 Å². The van der Waals surface area contributed by atoms with Gasteiger partial charge in [0.1, 0.15) is 0 Å². The molecule has 0 aromatic heterocycles. The van der Waals surface area contributed by atoms with Gasteiger partial charge in [-0.3, -0.25) is 0 Å². The van der Waals surface area contributed by atoms with Crippen LogP contribution < -0.4 is 5.32 Å². The average molecular weight is 197 g/mol. The molecule has 0 aliphatic heterocycles. The molecule has 84 valence electrons. The Morgan fingerprint density at radius 3 is 2.36 bits per heavy atom. The van der Waals surface area contributed by atoms with Gasteiger partial charge in [0.25, 0.3) is 0 Å². The molecule has 1 heteroatoms. The molecule has 1 N–H and O–H groups in total. The van der Waals surface area contributed by atoms with Gasteiger partial charge in [-0.1, -0.05) is 40.0 Å². The van der Waals surface area contributed by atoms with Gasteiger partial charge in [0.15, 0.2) is 0 Å². The smallest absolute Gasteiger partial charge is 0.000770 e. The Labute approximate surface area is 89.7 Å². The van der Waals surface area contributed by atoms with Crippen LogP contribution in [0.25, 0.3) is 0 Å². The molecule has 1 nitrogen and oxygen atoms in total. The van der Waals surface area contributed by atoms with E-state index in [9.17, 15) is 0 Å². The van der Waals surface area contributed by atoms with E-state index in [0.29, 0.717) is 5.41 Å². The van der Waals surface area contributed by atoms with Crippen LogP contribution in [0.2, 0.25) is 0 Å². The lowest BCUT2D eigenvalue weighted by Crippen LogP contribution is -2.37. The lowest BCUT2D eigenvalue weighted by molar-refractivity contribution is 0.165. The summed E-state index contributed by atoms with van der Waals surface area (Å²) in [6, 6.07) is 0. The fourth-order valence-electron chi connectivity index (χ4n) is 3.04. The summed E-state index contributed by atoms with van der Waals surface area (Å²) >= 11 is 0. The molecule has 1 fully saturated rings. The number of hydrogen-bond donors (Lipinski definition) is 1. The van der Waals surface area contributed by atoms with Crippen molar-refractivity contribution in [2.75, 3.05) is 13.1 Å². The van der Waals surface area contributed by atoms with Crippen LogP contribution in [-0.2, 0) is 0 Å². The van der Waals surface area contributed by atoms with Crippen molar-refractivity contribution in [1.29, 1.82) is 0 Å². The topological polar surface area (TPSA) is 12.0 Å². The van der Waals surface area contributed by atoms with Crippen LogP contribution in [-0.4, -0.2) is 13.1 Å². The van der Waals surface area contributed by atoms with Gasteiger partial charge in [-0.2, -0.15) is 0 Å². The zero-order valence-corrected chi connectivity index (χ0v) is 10.2. The molecule has 1 saturated carbocycles. The van der Waals surface area contributed by atoms with E-state index < -0.39 is 0 Å². The number of rotatable bonds is 6. The summed E-state index contributed by atoms with van der Waals surface area (Å²) < 4.78 is 0. The minimum absolute atomic E-state index is 0.571. The third-order valence-electron chi connectivity index (χ3n) is 3.94. The lowest BCUT2D eigenvalue weighted by Gasteiger charge is -2.36. The van der Waals surface area contributed by atoms with Crippen molar-refractivity contribution in [1.82, 2.24) is 5.32 Å². The molecule has 0 radical (unpaired) electrons. The maximum Gasteiger partial charge on any atom is 0.000770 e. The summed E-state index contributed by atoms with van der Waals surface area (Å²) in [5.41, 5.74) is 0.571.